The van der Waals surface area contributed by atoms with Gasteiger partial charge >= 0.3 is 0 Å². The fourth-order valence-corrected chi connectivity index (χ4v) is 6.65. The molecule has 1 aromatic carbocycles. The molecule has 28 heavy (non-hydrogen) atoms. The van der Waals surface area contributed by atoms with Crippen LogP contribution in [-0.2, 0) is 10.0 Å². The lowest BCUT2D eigenvalue weighted by molar-refractivity contribution is 0.0909. The molecule has 3 atom stereocenters. The summed E-state index contributed by atoms with van der Waals surface area (Å²) in [4.78, 5) is 12.6. The van der Waals surface area contributed by atoms with Gasteiger partial charge in [0, 0.05) is 23.7 Å². The van der Waals surface area contributed by atoms with Crippen LogP contribution >= 0.6 is 0 Å². The average molecular weight is 407 g/mol. The number of fused-ring (bicyclic) bond motifs is 2. The summed E-state index contributed by atoms with van der Waals surface area (Å²) in [5.74, 6) is -0.373. The van der Waals surface area contributed by atoms with Crippen molar-refractivity contribution in [2.75, 3.05) is 0 Å². The van der Waals surface area contributed by atoms with Crippen LogP contribution in [0.4, 0.5) is 4.39 Å². The van der Waals surface area contributed by atoms with E-state index in [-0.39, 0.29) is 28.9 Å². The lowest BCUT2D eigenvalue weighted by Gasteiger charge is -2.38. The molecule has 1 amide bonds. The molecule has 2 bridgehead atoms. The summed E-state index contributed by atoms with van der Waals surface area (Å²) in [6, 6.07) is 4.92. The van der Waals surface area contributed by atoms with Gasteiger partial charge in [0.2, 0.25) is 10.0 Å². The normalized spacial score (nSPS) is 25.0. The highest BCUT2D eigenvalue weighted by Crippen LogP contribution is 2.41. The third kappa shape index (κ3) is 3.22. The third-order valence-corrected chi connectivity index (χ3v) is 7.86. The molecular formula is C19H22FN3O4S. The summed E-state index contributed by atoms with van der Waals surface area (Å²) in [5.41, 5.74) is 0.753. The maximum atomic E-state index is 13.2. The van der Waals surface area contributed by atoms with Crippen molar-refractivity contribution in [2.24, 2.45) is 0 Å². The van der Waals surface area contributed by atoms with Crippen LogP contribution in [0.5, 0.6) is 0 Å². The second-order valence-electron chi connectivity index (χ2n) is 7.52. The van der Waals surface area contributed by atoms with E-state index in [1.165, 1.54) is 24.3 Å². The summed E-state index contributed by atoms with van der Waals surface area (Å²) >= 11 is 0. The first-order valence-corrected chi connectivity index (χ1v) is 10.7. The van der Waals surface area contributed by atoms with E-state index < -0.39 is 15.8 Å². The van der Waals surface area contributed by atoms with Crippen LogP contribution in [0.1, 0.15) is 47.5 Å². The summed E-state index contributed by atoms with van der Waals surface area (Å²) < 4.78 is 46.2. The Hall–Kier alpha value is -2.26. The largest absolute Gasteiger partial charge is 0.360 e. The number of carbonyl (C=O) groups excluding carboxylic acids is 1. The highest BCUT2D eigenvalue weighted by molar-refractivity contribution is 7.89. The third-order valence-electron chi connectivity index (χ3n) is 5.61. The highest BCUT2D eigenvalue weighted by Gasteiger charge is 2.48. The van der Waals surface area contributed by atoms with Gasteiger partial charge in [0.15, 0.2) is 5.76 Å². The molecular weight excluding hydrogens is 385 g/mol. The van der Waals surface area contributed by atoms with E-state index >= 15 is 0 Å². The van der Waals surface area contributed by atoms with Gasteiger partial charge < -0.3 is 9.84 Å². The van der Waals surface area contributed by atoms with Gasteiger partial charge in [0.05, 0.1) is 0 Å². The van der Waals surface area contributed by atoms with Crippen molar-refractivity contribution in [3.8, 4) is 0 Å². The Morgan fingerprint density at radius 2 is 1.79 bits per heavy atom. The summed E-state index contributed by atoms with van der Waals surface area (Å²) in [5, 5.41) is 6.75. The van der Waals surface area contributed by atoms with Crippen LogP contribution in [0.2, 0.25) is 0 Å². The van der Waals surface area contributed by atoms with E-state index in [2.05, 4.69) is 10.5 Å². The van der Waals surface area contributed by atoms with Gasteiger partial charge in [-0.1, -0.05) is 5.16 Å². The lowest BCUT2D eigenvalue weighted by Crippen LogP contribution is -2.52. The maximum absolute atomic E-state index is 13.2. The van der Waals surface area contributed by atoms with Gasteiger partial charge in [-0.05, 0) is 63.8 Å². The zero-order valence-corrected chi connectivity index (χ0v) is 16.5. The minimum atomic E-state index is -3.70. The molecule has 0 spiro atoms. The number of rotatable bonds is 4. The molecule has 3 heterocycles. The molecule has 0 aliphatic carbocycles. The van der Waals surface area contributed by atoms with Crippen molar-refractivity contribution in [2.45, 2.75) is 62.6 Å². The van der Waals surface area contributed by atoms with Gasteiger partial charge in [-0.3, -0.25) is 4.79 Å². The first kappa shape index (κ1) is 19.1. The van der Waals surface area contributed by atoms with Crippen LogP contribution < -0.4 is 5.32 Å². The maximum Gasteiger partial charge on any atom is 0.251 e. The Morgan fingerprint density at radius 1 is 1.18 bits per heavy atom. The number of nitrogens with zero attached hydrogens (tertiary/aromatic N) is 2. The predicted molar refractivity (Wildman–Crippen MR) is 98.7 cm³/mol. The topological polar surface area (TPSA) is 92.5 Å². The molecule has 9 heteroatoms. The van der Waals surface area contributed by atoms with Crippen molar-refractivity contribution in [1.29, 1.82) is 0 Å². The monoisotopic (exact) mass is 407 g/mol. The second kappa shape index (κ2) is 6.97. The number of hydrogen-bond acceptors (Lipinski definition) is 5. The number of amides is 1. The Bertz CT molecular complexity index is 969. The Balaban J connectivity index is 1.50. The molecule has 4 rings (SSSR count). The molecule has 2 saturated heterocycles. The quantitative estimate of drug-likeness (QED) is 0.841. The molecule has 2 aromatic rings. The minimum absolute atomic E-state index is 0.119. The Labute approximate surface area is 162 Å². The molecule has 1 unspecified atom stereocenters. The number of halogens is 1. The van der Waals surface area contributed by atoms with Crippen molar-refractivity contribution in [3.05, 3.63) is 47.1 Å². The van der Waals surface area contributed by atoms with Gasteiger partial charge in [-0.15, -0.1) is 0 Å². The molecule has 0 radical (unpaired) electrons. The fraction of sp³-hybridized carbons (Fsp3) is 0.474. The Kier molecular flexibility index (Phi) is 4.75. The molecule has 1 N–H and O–H groups in total. The number of carbonyl (C=O) groups is 1. The van der Waals surface area contributed by atoms with Crippen molar-refractivity contribution >= 4 is 15.9 Å². The van der Waals surface area contributed by atoms with Gasteiger partial charge in [-0.2, -0.15) is 4.31 Å². The van der Waals surface area contributed by atoms with Gasteiger partial charge in [-0.25, -0.2) is 12.8 Å². The molecule has 2 aliphatic rings. The first-order chi connectivity index (χ1) is 13.3. The highest BCUT2D eigenvalue weighted by atomic mass is 32.2. The smallest absolute Gasteiger partial charge is 0.251 e. The fourth-order valence-electron chi connectivity index (χ4n) is 4.46. The second-order valence-corrected chi connectivity index (χ2v) is 9.30. The number of piperidine rings is 1. The molecule has 150 valence electrons. The summed E-state index contributed by atoms with van der Waals surface area (Å²) in [6.07, 6.45) is 2.62. The van der Waals surface area contributed by atoms with Crippen LogP contribution in [0.15, 0.2) is 33.7 Å². The number of nitrogens with one attached hydrogen (secondary N) is 1. The molecule has 7 nitrogen and oxygen atoms in total. The Morgan fingerprint density at radius 3 is 2.32 bits per heavy atom. The molecule has 2 aliphatic heterocycles. The van der Waals surface area contributed by atoms with Gasteiger partial charge in [0.25, 0.3) is 5.91 Å². The standard InChI is InChI=1S/C19H22FN3O4S/c1-11-18(12(2)27-22-11)28(25,26)23-16-7-8-17(23)10-15(9-16)21-19(24)13-3-5-14(20)6-4-13/h3-6,15-17H,7-10H2,1-2H3,(H,21,24)/t15?,16-,17+. The SMILES string of the molecule is Cc1noc(C)c1S(=O)(=O)N1[C@@H]2CC[C@H]1CC(NC(=O)c1ccc(F)cc1)C2. The molecule has 1 aromatic heterocycles. The van der Waals surface area contributed by atoms with E-state index in [0.717, 1.165) is 12.8 Å². The number of aromatic nitrogens is 1. The van der Waals surface area contributed by atoms with Crippen molar-refractivity contribution in [3.63, 3.8) is 0 Å². The van der Waals surface area contributed by atoms with E-state index in [1.807, 2.05) is 0 Å². The van der Waals surface area contributed by atoms with Crippen LogP contribution in [-0.4, -0.2) is 41.9 Å². The van der Waals surface area contributed by atoms with Crippen molar-refractivity contribution in [1.82, 2.24) is 14.8 Å². The van der Waals surface area contributed by atoms with Crippen LogP contribution in [0.25, 0.3) is 0 Å². The average Bonchev–Trinajstić information content (AvgIpc) is 3.13. The first-order valence-electron chi connectivity index (χ1n) is 9.30. The molecule has 2 fully saturated rings. The molecule has 0 saturated carbocycles. The van der Waals surface area contributed by atoms with E-state index in [0.29, 0.717) is 29.9 Å². The van der Waals surface area contributed by atoms with Gasteiger partial charge in [0.1, 0.15) is 16.4 Å². The van der Waals surface area contributed by atoms with E-state index in [1.54, 1.807) is 18.2 Å². The van der Waals surface area contributed by atoms with Crippen molar-refractivity contribution < 1.29 is 22.1 Å². The number of hydrogen-bond donors (Lipinski definition) is 1. The number of benzene rings is 1. The van der Waals surface area contributed by atoms with E-state index in [9.17, 15) is 17.6 Å². The summed E-state index contributed by atoms with van der Waals surface area (Å²) in [6.45, 7) is 3.23. The van der Waals surface area contributed by atoms with E-state index in [4.69, 9.17) is 4.52 Å². The zero-order valence-electron chi connectivity index (χ0n) is 15.7. The summed E-state index contributed by atoms with van der Waals surface area (Å²) in [7, 11) is -3.70. The number of sulfonamides is 1. The zero-order chi connectivity index (χ0) is 20.1. The van der Waals surface area contributed by atoms with Crippen LogP contribution in [0.3, 0.4) is 0 Å². The number of aryl methyl sites for hydroxylation is 2. The lowest BCUT2D eigenvalue weighted by atomic mass is 9.99. The van der Waals surface area contributed by atoms with Crippen LogP contribution in [0, 0.1) is 19.7 Å². The minimum Gasteiger partial charge on any atom is -0.360 e. The predicted octanol–water partition coefficient (Wildman–Crippen LogP) is 2.54.